The lowest BCUT2D eigenvalue weighted by Crippen LogP contribution is -2.56. The molecule has 10 heteroatoms. The molecule has 0 fully saturated rings. The predicted molar refractivity (Wildman–Crippen MR) is 83.1 cm³/mol. The molecule has 0 rings (SSSR count). The van der Waals surface area contributed by atoms with E-state index in [1.807, 2.05) is 0 Å². The highest BCUT2D eigenvalue weighted by Gasteiger charge is 2.52. The number of carbonyl (C=O) groups excluding carboxylic acids is 1. The van der Waals surface area contributed by atoms with Crippen LogP contribution in [0.1, 0.15) is 26.7 Å². The molecule has 0 aliphatic carbocycles. The van der Waals surface area contributed by atoms with Gasteiger partial charge in [-0.05, 0) is 13.0 Å². The Bertz CT molecular complexity index is 530. The highest BCUT2D eigenvalue weighted by atomic mass is 32.2. The van der Waals surface area contributed by atoms with Gasteiger partial charge in [-0.15, -0.1) is 0 Å². The highest BCUT2D eigenvalue weighted by Crippen LogP contribution is 2.35. The van der Waals surface area contributed by atoms with Crippen LogP contribution in [0.5, 0.6) is 0 Å². The van der Waals surface area contributed by atoms with E-state index in [4.69, 9.17) is 9.92 Å². The fourth-order valence-corrected chi connectivity index (χ4v) is 2.77. The summed E-state index contributed by atoms with van der Waals surface area (Å²) < 4.78 is 28.2. The largest absolute Gasteiger partial charge is 0.479 e. The van der Waals surface area contributed by atoms with Crippen LogP contribution in [0.15, 0.2) is 0 Å². The summed E-state index contributed by atoms with van der Waals surface area (Å²) in [6, 6.07) is 0. The van der Waals surface area contributed by atoms with Crippen LogP contribution >= 0.6 is 0 Å². The lowest BCUT2D eigenvalue weighted by Gasteiger charge is -2.38. The van der Waals surface area contributed by atoms with Crippen LogP contribution in [-0.4, -0.2) is 74.0 Å². The topological polar surface area (TPSA) is 147 Å². The molecule has 0 unspecified atom stereocenters. The summed E-state index contributed by atoms with van der Waals surface area (Å²) in [4.78, 5) is 24.4. The molecule has 0 aliphatic rings. The van der Waals surface area contributed by atoms with Gasteiger partial charge >= 0.3 is 5.97 Å². The fraction of sp³-hybridized carbons (Fsp3) is 0.846. The molecule has 0 radical (unpaired) electrons. The molecule has 0 saturated heterocycles. The molecule has 0 saturated carbocycles. The molecule has 1 amide bonds. The zero-order valence-corrected chi connectivity index (χ0v) is 14.7. The van der Waals surface area contributed by atoms with E-state index in [0.29, 0.717) is 0 Å². The van der Waals surface area contributed by atoms with Crippen molar-refractivity contribution < 1.29 is 32.4 Å². The highest BCUT2D eigenvalue weighted by molar-refractivity contribution is 7.86. The van der Waals surface area contributed by atoms with Crippen LogP contribution in [0.25, 0.3) is 0 Å². The third-order valence-electron chi connectivity index (χ3n) is 3.58. The monoisotopic (exact) mass is 354 g/mol. The van der Waals surface area contributed by atoms with Gasteiger partial charge in [-0.3, -0.25) is 8.98 Å². The van der Waals surface area contributed by atoms with Crippen molar-refractivity contribution in [2.24, 2.45) is 11.1 Å². The van der Waals surface area contributed by atoms with Crippen molar-refractivity contribution in [3.05, 3.63) is 0 Å². The normalized spacial score (nSPS) is 15.0. The maximum atomic E-state index is 11.8. The zero-order chi connectivity index (χ0) is 18.5. The Labute approximate surface area is 136 Å². The lowest BCUT2D eigenvalue weighted by atomic mass is 9.73. The zero-order valence-electron chi connectivity index (χ0n) is 13.9. The van der Waals surface area contributed by atoms with E-state index in [1.54, 1.807) is 0 Å². The van der Waals surface area contributed by atoms with Crippen molar-refractivity contribution in [3.63, 3.8) is 0 Å². The van der Waals surface area contributed by atoms with Crippen LogP contribution in [0.3, 0.4) is 0 Å². The minimum atomic E-state index is -3.89. The molecule has 0 aliphatic heterocycles. The van der Waals surface area contributed by atoms with Gasteiger partial charge in [0, 0.05) is 19.5 Å². The van der Waals surface area contributed by atoms with Gasteiger partial charge in [-0.25, -0.2) is 4.79 Å². The van der Waals surface area contributed by atoms with Gasteiger partial charge in [0.25, 0.3) is 10.1 Å². The van der Waals surface area contributed by atoms with E-state index >= 15 is 0 Å². The maximum Gasteiger partial charge on any atom is 0.336 e. The molecule has 9 nitrogen and oxygen atoms in total. The average molecular weight is 354 g/mol. The van der Waals surface area contributed by atoms with Crippen LogP contribution < -0.4 is 5.73 Å². The second-order valence-electron chi connectivity index (χ2n) is 6.18. The number of aliphatic hydroxyl groups is 1. The van der Waals surface area contributed by atoms with Crippen molar-refractivity contribution in [2.45, 2.75) is 32.3 Å². The van der Waals surface area contributed by atoms with Crippen LogP contribution in [0.2, 0.25) is 0 Å². The summed E-state index contributed by atoms with van der Waals surface area (Å²) in [6.45, 7) is 2.23. The molecule has 4 N–H and O–H groups in total. The van der Waals surface area contributed by atoms with E-state index in [0.717, 1.165) is 4.90 Å². The second-order valence-corrected chi connectivity index (χ2v) is 7.94. The first-order chi connectivity index (χ1) is 10.3. The van der Waals surface area contributed by atoms with Gasteiger partial charge < -0.3 is 20.8 Å². The molecule has 0 heterocycles. The smallest absolute Gasteiger partial charge is 0.336 e. The number of nitrogens with zero attached hydrogens (tertiary/aromatic N) is 1. The molecular formula is C13H26N2O7S. The third-order valence-corrected chi connectivity index (χ3v) is 4.84. The summed E-state index contributed by atoms with van der Waals surface area (Å²) in [5.74, 6) is -2.53. The SMILES string of the molecule is CN(C)C(=O)C[C@](O)(C(=O)O)C(C)(C)COS(=O)(=O)CCCN. The Morgan fingerprint density at radius 3 is 2.17 bits per heavy atom. The number of aliphatic carboxylic acids is 1. The van der Waals surface area contributed by atoms with Crippen LogP contribution in [-0.2, 0) is 23.9 Å². The molecular weight excluding hydrogens is 328 g/mol. The Balaban J connectivity index is 5.23. The van der Waals surface area contributed by atoms with Gasteiger partial charge in [0.15, 0.2) is 5.60 Å². The van der Waals surface area contributed by atoms with Crippen molar-refractivity contribution in [1.82, 2.24) is 4.90 Å². The van der Waals surface area contributed by atoms with Crippen molar-refractivity contribution >= 4 is 22.0 Å². The molecule has 1 atom stereocenters. The van der Waals surface area contributed by atoms with Gasteiger partial charge in [0.05, 0.1) is 18.8 Å². The second kappa shape index (κ2) is 8.04. The Kier molecular flexibility index (Phi) is 7.61. The molecule has 0 bridgehead atoms. The van der Waals surface area contributed by atoms with Gasteiger partial charge in [-0.1, -0.05) is 13.8 Å². The summed E-state index contributed by atoms with van der Waals surface area (Å²) in [5.41, 5.74) is 1.23. The number of nitrogens with two attached hydrogens (primary N) is 1. The number of hydrogen-bond donors (Lipinski definition) is 3. The molecule has 0 spiro atoms. The number of carboxylic acids is 1. The predicted octanol–water partition coefficient (Wildman–Crippen LogP) is -0.998. The van der Waals surface area contributed by atoms with E-state index in [2.05, 4.69) is 0 Å². The quantitative estimate of drug-likeness (QED) is 0.423. The summed E-state index contributed by atoms with van der Waals surface area (Å²) in [7, 11) is -1.04. The van der Waals surface area contributed by atoms with Gasteiger partial charge in [-0.2, -0.15) is 8.42 Å². The van der Waals surface area contributed by atoms with Crippen molar-refractivity contribution in [1.29, 1.82) is 0 Å². The summed E-state index contributed by atoms with van der Waals surface area (Å²) in [5, 5.41) is 19.8. The molecule has 0 aromatic heterocycles. The first-order valence-electron chi connectivity index (χ1n) is 7.02. The fourth-order valence-electron chi connectivity index (χ4n) is 1.66. The number of hydrogen-bond acceptors (Lipinski definition) is 7. The number of rotatable bonds is 10. The number of carboxylic acid groups (broad SMARTS) is 1. The van der Waals surface area contributed by atoms with Crippen molar-refractivity contribution in [3.8, 4) is 0 Å². The lowest BCUT2D eigenvalue weighted by molar-refractivity contribution is -0.180. The molecule has 0 aromatic rings. The molecule has 136 valence electrons. The van der Waals surface area contributed by atoms with Crippen LogP contribution in [0.4, 0.5) is 0 Å². The number of carbonyl (C=O) groups is 2. The van der Waals surface area contributed by atoms with Crippen molar-refractivity contribution in [2.75, 3.05) is 33.0 Å². The van der Waals surface area contributed by atoms with Gasteiger partial charge in [0.1, 0.15) is 0 Å². The third kappa shape index (κ3) is 6.05. The van der Waals surface area contributed by atoms with E-state index in [-0.39, 0.29) is 18.7 Å². The average Bonchev–Trinajstić information content (AvgIpc) is 2.42. The van der Waals surface area contributed by atoms with Crippen LogP contribution in [0, 0.1) is 5.41 Å². The summed E-state index contributed by atoms with van der Waals surface area (Å²) >= 11 is 0. The molecule has 23 heavy (non-hydrogen) atoms. The Hall–Kier alpha value is -1.23. The Morgan fingerprint density at radius 1 is 1.26 bits per heavy atom. The standard InChI is InChI=1S/C13H26N2O7S/c1-12(2,9-22-23(20,21)7-5-6-14)13(19,11(17)18)8-10(16)15(3)4/h19H,5-9,14H2,1-4H3,(H,17,18)/t13-/m0/s1. The van der Waals surface area contributed by atoms with Gasteiger partial charge in [0.2, 0.25) is 5.91 Å². The van der Waals surface area contributed by atoms with E-state index < -0.39 is 46.0 Å². The molecule has 0 aromatic carbocycles. The van der Waals surface area contributed by atoms with E-state index in [9.17, 15) is 28.2 Å². The number of amides is 1. The minimum absolute atomic E-state index is 0.169. The van der Waals surface area contributed by atoms with E-state index in [1.165, 1.54) is 27.9 Å². The Morgan fingerprint density at radius 2 is 1.78 bits per heavy atom. The first-order valence-corrected chi connectivity index (χ1v) is 8.60. The minimum Gasteiger partial charge on any atom is -0.479 e. The first kappa shape index (κ1) is 21.8. The maximum absolute atomic E-state index is 11.8. The summed E-state index contributed by atoms with van der Waals surface area (Å²) in [6.07, 6.45) is -0.500.